The SMILES string of the molecule is CC12C3C4N=N[C@H](C5CC=C[C@H]45)[C@H]3[C@@](C)(N=[N+]1[O-])C2(C)C. The molecular weight excluding hydrogens is 264 g/mol. The molecule has 4 bridgehead atoms. The Labute approximate surface area is 124 Å². The van der Waals surface area contributed by atoms with Crippen LogP contribution < -0.4 is 0 Å². The molecule has 0 aromatic rings. The zero-order valence-electron chi connectivity index (χ0n) is 13.0. The van der Waals surface area contributed by atoms with Crippen LogP contribution in [0.5, 0.6) is 0 Å². The highest BCUT2D eigenvalue weighted by Gasteiger charge is 2.85. The van der Waals surface area contributed by atoms with E-state index >= 15 is 0 Å². The molecule has 0 aromatic heterocycles. The lowest BCUT2D eigenvalue weighted by atomic mass is 9.58. The smallest absolute Gasteiger partial charge is 0.209 e. The molecule has 2 fully saturated rings. The summed E-state index contributed by atoms with van der Waals surface area (Å²) in [5, 5.41) is 26.6. The summed E-state index contributed by atoms with van der Waals surface area (Å²) in [7, 11) is 0. The molecule has 2 saturated carbocycles. The minimum atomic E-state index is -0.462. The first-order valence-electron chi connectivity index (χ1n) is 8.11. The van der Waals surface area contributed by atoms with Crippen molar-refractivity contribution in [2.75, 3.05) is 0 Å². The summed E-state index contributed by atoms with van der Waals surface area (Å²) in [5.41, 5.74) is -0.925. The fourth-order valence-electron chi connectivity index (χ4n) is 6.38. The lowest BCUT2D eigenvalue weighted by Gasteiger charge is -2.51. The van der Waals surface area contributed by atoms with Crippen molar-refractivity contribution in [3.05, 3.63) is 17.4 Å². The van der Waals surface area contributed by atoms with Crippen molar-refractivity contribution in [3.63, 3.8) is 0 Å². The predicted molar refractivity (Wildman–Crippen MR) is 76.8 cm³/mol. The van der Waals surface area contributed by atoms with Crippen molar-refractivity contribution in [3.8, 4) is 0 Å². The van der Waals surface area contributed by atoms with E-state index in [0.717, 1.165) is 11.3 Å². The molecule has 112 valence electrons. The van der Waals surface area contributed by atoms with Crippen LogP contribution in [-0.4, -0.2) is 28.0 Å². The number of fused-ring (bicyclic) bond motifs is 2. The van der Waals surface area contributed by atoms with Gasteiger partial charge in [0.2, 0.25) is 5.54 Å². The van der Waals surface area contributed by atoms with Crippen LogP contribution in [0.2, 0.25) is 0 Å². The summed E-state index contributed by atoms with van der Waals surface area (Å²) >= 11 is 0. The summed E-state index contributed by atoms with van der Waals surface area (Å²) in [6.45, 7) is 8.74. The van der Waals surface area contributed by atoms with Crippen LogP contribution >= 0.6 is 0 Å². The van der Waals surface area contributed by atoms with E-state index in [1.165, 1.54) is 0 Å². The average Bonchev–Trinajstić information content (AvgIpc) is 3.02. The number of rotatable bonds is 0. The average molecular weight is 286 g/mol. The highest BCUT2D eigenvalue weighted by Crippen LogP contribution is 2.72. The van der Waals surface area contributed by atoms with Crippen LogP contribution in [0.4, 0.5) is 0 Å². The Hall–Kier alpha value is -1.26. The second kappa shape index (κ2) is 3.08. The maximum absolute atomic E-state index is 12.7. The van der Waals surface area contributed by atoms with Crippen molar-refractivity contribution in [2.24, 2.45) is 44.4 Å². The summed E-state index contributed by atoms with van der Waals surface area (Å²) < 4.78 is 0. The Morgan fingerprint density at radius 1 is 1.10 bits per heavy atom. The molecule has 3 heterocycles. The molecule has 6 rings (SSSR count). The maximum Gasteiger partial charge on any atom is 0.209 e. The van der Waals surface area contributed by atoms with Crippen molar-refractivity contribution in [2.45, 2.75) is 57.3 Å². The minimum Gasteiger partial charge on any atom is -0.599 e. The van der Waals surface area contributed by atoms with Crippen LogP contribution in [0.15, 0.2) is 27.5 Å². The highest BCUT2D eigenvalue weighted by atomic mass is 16.5. The molecule has 5 nitrogen and oxygen atoms in total. The van der Waals surface area contributed by atoms with Gasteiger partial charge in [-0.25, -0.2) is 0 Å². The Morgan fingerprint density at radius 3 is 2.57 bits per heavy atom. The van der Waals surface area contributed by atoms with E-state index in [4.69, 9.17) is 0 Å². The van der Waals surface area contributed by atoms with Gasteiger partial charge in [-0.05, 0) is 24.4 Å². The number of hydroxylamine groups is 1. The first kappa shape index (κ1) is 12.3. The fourth-order valence-corrected chi connectivity index (χ4v) is 6.38. The topological polar surface area (TPSA) is 63.1 Å². The van der Waals surface area contributed by atoms with Crippen LogP contribution in [0.1, 0.15) is 34.1 Å². The Kier molecular flexibility index (Phi) is 1.81. The van der Waals surface area contributed by atoms with Crippen molar-refractivity contribution >= 4 is 0 Å². The summed E-state index contributed by atoms with van der Waals surface area (Å²) in [6.07, 6.45) is 5.73. The van der Waals surface area contributed by atoms with E-state index < -0.39 is 5.54 Å². The Bertz CT molecular complexity index is 638. The van der Waals surface area contributed by atoms with E-state index in [1.54, 1.807) is 0 Å². The molecule has 0 spiro atoms. The second-order valence-corrected chi connectivity index (χ2v) is 8.46. The number of azo groups is 2. The van der Waals surface area contributed by atoms with Crippen molar-refractivity contribution in [1.29, 1.82) is 0 Å². The predicted octanol–water partition coefficient (Wildman–Crippen LogP) is 3.16. The Balaban J connectivity index is 1.77. The molecular formula is C16H22N4O. The normalized spacial score (nSPS) is 61.0. The second-order valence-electron chi connectivity index (χ2n) is 8.46. The van der Waals surface area contributed by atoms with Gasteiger partial charge in [-0.1, -0.05) is 30.9 Å². The molecule has 3 aliphatic carbocycles. The van der Waals surface area contributed by atoms with Gasteiger partial charge in [0.05, 0.1) is 23.4 Å². The first-order valence-corrected chi connectivity index (χ1v) is 8.11. The lowest BCUT2D eigenvalue weighted by molar-refractivity contribution is -0.621. The molecule has 0 amide bonds. The molecule has 21 heavy (non-hydrogen) atoms. The van der Waals surface area contributed by atoms with Gasteiger partial charge in [-0.15, -0.1) is 0 Å². The van der Waals surface area contributed by atoms with Crippen molar-refractivity contribution in [1.82, 2.24) is 0 Å². The van der Waals surface area contributed by atoms with Crippen LogP contribution in [0.25, 0.3) is 0 Å². The monoisotopic (exact) mass is 286 g/mol. The molecule has 6 aliphatic rings. The van der Waals surface area contributed by atoms with Gasteiger partial charge in [-0.3, -0.25) is 0 Å². The van der Waals surface area contributed by atoms with E-state index in [9.17, 15) is 5.21 Å². The third kappa shape index (κ3) is 0.940. The largest absolute Gasteiger partial charge is 0.599 e. The zero-order valence-corrected chi connectivity index (χ0v) is 13.0. The third-order valence-corrected chi connectivity index (χ3v) is 8.07. The molecule has 0 radical (unpaired) electrons. The molecule has 0 N–H and O–H groups in total. The standard InChI is InChI=1S/C16H22N4O/c1-14(2)15(3)10-11(16(14,4)20(21)19-15)13-9-7-5-6-8(9)12(10)17-18-13/h5,7-13H,6H2,1-4H3/t8?,9-,10-,11?,12+,13?,15+,16?/m0/s1. The van der Waals surface area contributed by atoms with E-state index in [2.05, 4.69) is 55.2 Å². The molecule has 3 aliphatic heterocycles. The number of hydrogen-bond acceptors (Lipinski definition) is 4. The minimum absolute atomic E-state index is 0.148. The third-order valence-electron chi connectivity index (χ3n) is 8.07. The van der Waals surface area contributed by atoms with Gasteiger partial charge in [-0.2, -0.15) is 10.2 Å². The van der Waals surface area contributed by atoms with Crippen LogP contribution in [0, 0.1) is 34.3 Å². The fraction of sp³-hybridized carbons (Fsp3) is 0.875. The van der Waals surface area contributed by atoms with Crippen LogP contribution in [0.3, 0.4) is 0 Å². The van der Waals surface area contributed by atoms with E-state index in [1.807, 2.05) is 0 Å². The summed E-state index contributed by atoms with van der Waals surface area (Å²) in [5.74, 6) is 1.71. The molecule has 0 aromatic carbocycles. The molecule has 4 unspecified atom stereocenters. The van der Waals surface area contributed by atoms with Gasteiger partial charge in [0.15, 0.2) is 0 Å². The summed E-state index contributed by atoms with van der Waals surface area (Å²) in [4.78, 5) is 1.03. The maximum atomic E-state index is 12.7. The number of hydrogen-bond donors (Lipinski definition) is 0. The molecule has 0 saturated heterocycles. The van der Waals surface area contributed by atoms with Crippen molar-refractivity contribution < 1.29 is 4.86 Å². The number of allylic oxidation sites excluding steroid dienone is 1. The van der Waals surface area contributed by atoms with Gasteiger partial charge in [0.25, 0.3) is 0 Å². The lowest BCUT2D eigenvalue weighted by Crippen LogP contribution is -2.61. The molecule has 8 atom stereocenters. The van der Waals surface area contributed by atoms with E-state index in [0.29, 0.717) is 17.8 Å². The quantitative estimate of drug-likeness (QED) is 0.383. The summed E-state index contributed by atoms with van der Waals surface area (Å²) in [6, 6.07) is 0.408. The van der Waals surface area contributed by atoms with Gasteiger partial charge in [0, 0.05) is 18.8 Å². The first-order chi connectivity index (χ1) is 9.84. The van der Waals surface area contributed by atoms with E-state index in [-0.39, 0.29) is 29.0 Å². The molecule has 5 heteroatoms. The van der Waals surface area contributed by atoms with Gasteiger partial charge < -0.3 is 5.21 Å². The van der Waals surface area contributed by atoms with Gasteiger partial charge >= 0.3 is 0 Å². The zero-order chi connectivity index (χ0) is 14.8. The Morgan fingerprint density at radius 2 is 1.81 bits per heavy atom. The van der Waals surface area contributed by atoms with Crippen LogP contribution in [-0.2, 0) is 0 Å². The highest BCUT2D eigenvalue weighted by molar-refractivity contribution is 5.32. The number of nitrogens with zero attached hydrogens (tertiary/aromatic N) is 4. The van der Waals surface area contributed by atoms with Gasteiger partial charge in [0.1, 0.15) is 5.54 Å².